The Bertz CT molecular complexity index is 2270. The van der Waals surface area contributed by atoms with E-state index in [0.717, 1.165) is 12.8 Å². The number of rotatable bonds is 13. The first-order valence-corrected chi connectivity index (χ1v) is 18.6. The van der Waals surface area contributed by atoms with Crippen LogP contribution in [0.25, 0.3) is 11.6 Å². The van der Waals surface area contributed by atoms with Gasteiger partial charge < -0.3 is 19.3 Å². The van der Waals surface area contributed by atoms with Gasteiger partial charge in [-0.25, -0.2) is 37.3 Å². The maximum atomic E-state index is 12.6. The Morgan fingerprint density at radius 2 is 1.32 bits per heavy atom. The van der Waals surface area contributed by atoms with Gasteiger partial charge in [-0.2, -0.15) is 0 Å². The summed E-state index contributed by atoms with van der Waals surface area (Å²) < 4.78 is 46.4. The van der Waals surface area contributed by atoms with E-state index in [4.69, 9.17) is 42.5 Å². The van der Waals surface area contributed by atoms with Crippen LogP contribution in [-0.4, -0.2) is 75.3 Å². The highest BCUT2D eigenvalue weighted by Crippen LogP contribution is 2.45. The van der Waals surface area contributed by atoms with Crippen molar-refractivity contribution in [1.29, 1.82) is 0 Å². The fourth-order valence-corrected chi connectivity index (χ4v) is 6.14. The van der Waals surface area contributed by atoms with E-state index in [-0.39, 0.29) is 37.2 Å². The molecule has 7 rings (SSSR count). The highest BCUT2D eigenvalue weighted by molar-refractivity contribution is 7.90. The van der Waals surface area contributed by atoms with E-state index in [0.29, 0.717) is 42.4 Å². The maximum absolute atomic E-state index is 12.6. The number of halogens is 2. The Morgan fingerprint density at radius 3 is 1.77 bits per heavy atom. The molecule has 15 nitrogen and oxygen atoms in total. The molecule has 5 aromatic rings. The minimum Gasteiger partial charge on any atom is -0.497 e. The molecule has 0 saturated heterocycles. The van der Waals surface area contributed by atoms with Crippen molar-refractivity contribution in [1.82, 2.24) is 34.3 Å². The van der Waals surface area contributed by atoms with Crippen molar-refractivity contribution >= 4 is 45.1 Å². The molecule has 4 heterocycles. The summed E-state index contributed by atoms with van der Waals surface area (Å²) in [5.41, 5.74) is 0.387. The molecule has 2 aliphatic rings. The van der Waals surface area contributed by atoms with E-state index in [2.05, 4.69) is 34.0 Å². The van der Waals surface area contributed by atoms with Crippen LogP contribution in [-0.2, 0) is 10.0 Å². The number of benzene rings is 1. The molecule has 0 bridgehead atoms. The van der Waals surface area contributed by atoms with Crippen LogP contribution >= 0.6 is 23.2 Å². The number of amides is 1. The molecule has 0 atom stereocenters. The first-order valence-electron chi connectivity index (χ1n) is 16.3. The van der Waals surface area contributed by atoms with Gasteiger partial charge in [0.15, 0.2) is 11.6 Å². The molecular formula is C35H35Cl2N7O8S. The molecule has 1 aromatic carbocycles. The number of sulfonamides is 1. The topological polar surface area (TPSA) is 190 Å². The molecule has 4 aromatic heterocycles. The van der Waals surface area contributed by atoms with Crippen molar-refractivity contribution in [2.75, 3.05) is 20.3 Å². The maximum Gasteiger partial charge on any atom is 0.338 e. The van der Waals surface area contributed by atoms with Gasteiger partial charge in [-0.05, 0) is 62.1 Å². The fraction of sp³-hybridized carbons (Fsp3) is 0.314. The SMILES string of the molecule is CC1(COc2ccn(-c3ccc(C(=O)O)c(Cl)n3)n2)CC1.COc1cccc(S(=O)(=O)NC(=O)c2ccc(-n3ccc(OCC4(C)CC4)n3)nc2Cl)c1. The number of ether oxygens (including phenoxy) is 3. The second-order valence-electron chi connectivity index (χ2n) is 13.3. The van der Waals surface area contributed by atoms with Gasteiger partial charge in [-0.3, -0.25) is 4.79 Å². The number of carbonyl (C=O) groups excluding carboxylic acids is 1. The zero-order valence-corrected chi connectivity index (χ0v) is 31.2. The summed E-state index contributed by atoms with van der Waals surface area (Å²) in [6.07, 6.45) is 8.01. The van der Waals surface area contributed by atoms with Gasteiger partial charge in [0, 0.05) is 41.4 Å². The molecule has 0 spiro atoms. The van der Waals surface area contributed by atoms with Crippen molar-refractivity contribution in [2.24, 2.45) is 10.8 Å². The average Bonchev–Trinajstić information content (AvgIpc) is 3.89. The number of methoxy groups -OCH3 is 1. The summed E-state index contributed by atoms with van der Waals surface area (Å²) in [6.45, 7) is 5.58. The number of nitrogens with zero attached hydrogens (tertiary/aromatic N) is 6. The molecule has 0 radical (unpaired) electrons. The van der Waals surface area contributed by atoms with Crippen molar-refractivity contribution in [2.45, 2.75) is 44.4 Å². The lowest BCUT2D eigenvalue weighted by Gasteiger charge is -2.10. The quantitative estimate of drug-likeness (QED) is 0.132. The lowest BCUT2D eigenvalue weighted by Crippen LogP contribution is -2.31. The highest BCUT2D eigenvalue weighted by Gasteiger charge is 2.39. The van der Waals surface area contributed by atoms with Crippen molar-refractivity contribution in [3.05, 3.63) is 94.5 Å². The van der Waals surface area contributed by atoms with E-state index in [9.17, 15) is 18.0 Å². The van der Waals surface area contributed by atoms with Crippen molar-refractivity contribution < 1.29 is 37.3 Å². The molecule has 1 amide bonds. The predicted octanol–water partition coefficient (Wildman–Crippen LogP) is 6.02. The van der Waals surface area contributed by atoms with Gasteiger partial charge in [-0.15, -0.1) is 10.2 Å². The number of nitrogens with one attached hydrogen (secondary N) is 1. The Labute approximate surface area is 314 Å². The van der Waals surface area contributed by atoms with Crippen molar-refractivity contribution in [3.8, 4) is 29.1 Å². The molecule has 53 heavy (non-hydrogen) atoms. The average molecular weight is 785 g/mol. The number of pyridine rings is 2. The zero-order chi connectivity index (χ0) is 38.0. The first-order chi connectivity index (χ1) is 25.2. The van der Waals surface area contributed by atoms with Crippen LogP contribution in [0.5, 0.6) is 17.5 Å². The lowest BCUT2D eigenvalue weighted by molar-refractivity contribution is 0.0696. The molecule has 278 valence electrons. The number of carbonyl (C=O) groups is 2. The summed E-state index contributed by atoms with van der Waals surface area (Å²) >= 11 is 12.0. The molecule has 2 aliphatic carbocycles. The Hall–Kier alpha value is -5.19. The molecule has 2 N–H and O–H groups in total. The van der Waals surface area contributed by atoms with Crippen LogP contribution in [0.1, 0.15) is 60.2 Å². The first kappa shape index (κ1) is 37.6. The summed E-state index contributed by atoms with van der Waals surface area (Å²) in [7, 11) is -2.71. The van der Waals surface area contributed by atoms with Gasteiger partial charge in [0.05, 0.1) is 36.3 Å². The van der Waals surface area contributed by atoms with Gasteiger partial charge in [-0.1, -0.05) is 43.1 Å². The number of aromatic nitrogens is 6. The Morgan fingerprint density at radius 1 is 0.811 bits per heavy atom. The monoisotopic (exact) mass is 783 g/mol. The third-order valence-electron chi connectivity index (χ3n) is 8.66. The number of carboxylic acid groups (broad SMARTS) is 1. The van der Waals surface area contributed by atoms with E-state index >= 15 is 0 Å². The van der Waals surface area contributed by atoms with E-state index in [1.54, 1.807) is 36.7 Å². The molecule has 18 heteroatoms. The smallest absolute Gasteiger partial charge is 0.338 e. The minimum atomic E-state index is -4.13. The number of carboxylic acids is 1. The number of hydrogen-bond acceptors (Lipinski definition) is 11. The number of aromatic carboxylic acids is 1. The van der Waals surface area contributed by atoms with Gasteiger partial charge in [0.1, 0.15) is 16.1 Å². The van der Waals surface area contributed by atoms with Crippen molar-refractivity contribution in [3.63, 3.8) is 0 Å². The Kier molecular flexibility index (Phi) is 10.7. The van der Waals surface area contributed by atoms with Crippen LogP contribution in [0, 0.1) is 10.8 Å². The Balaban J connectivity index is 0.000000198. The van der Waals surface area contributed by atoms with Gasteiger partial charge in [0.2, 0.25) is 11.8 Å². The minimum absolute atomic E-state index is 0.0364. The highest BCUT2D eigenvalue weighted by atomic mass is 35.5. The summed E-state index contributed by atoms with van der Waals surface area (Å²) in [6, 6.07) is 15.1. The van der Waals surface area contributed by atoms with Crippen LogP contribution < -0.4 is 18.9 Å². The standard InChI is InChI=1S/C21H21ClN4O5S.C14H14ClN3O3/c1-21(9-10-21)13-31-18-8-11-26(24-18)17-7-6-16(19(22)23-17)20(27)25-32(28,29)15-5-3-4-14(12-15)30-2;1-14(5-6-14)8-21-11-4-7-18(17-11)10-3-2-9(13(19)20)12(15)16-10/h3-8,11-12H,9-10,13H2,1-2H3,(H,25,27);2-4,7H,5-6,8H2,1H3,(H,19,20). The van der Waals surface area contributed by atoms with Crippen LogP contribution in [0.15, 0.2) is 78.0 Å². The normalized spacial score (nSPS) is 15.0. The molecule has 2 fully saturated rings. The lowest BCUT2D eigenvalue weighted by atomic mass is 10.2. The fourth-order valence-electron chi connectivity index (χ4n) is 4.67. The summed E-state index contributed by atoms with van der Waals surface area (Å²) in [5.74, 6) is 0.108. The molecule has 0 unspecified atom stereocenters. The van der Waals surface area contributed by atoms with E-state index in [1.165, 1.54) is 65.7 Å². The second-order valence-corrected chi connectivity index (χ2v) is 15.7. The number of hydrogen-bond donors (Lipinski definition) is 2. The predicted molar refractivity (Wildman–Crippen MR) is 193 cm³/mol. The van der Waals surface area contributed by atoms with Crippen LogP contribution in [0.3, 0.4) is 0 Å². The summed E-state index contributed by atoms with van der Waals surface area (Å²) in [4.78, 5) is 31.5. The largest absolute Gasteiger partial charge is 0.497 e. The third kappa shape index (κ3) is 9.43. The zero-order valence-electron chi connectivity index (χ0n) is 28.8. The van der Waals surface area contributed by atoms with E-state index in [1.807, 2.05) is 4.72 Å². The van der Waals surface area contributed by atoms with Crippen LogP contribution in [0.2, 0.25) is 10.3 Å². The van der Waals surface area contributed by atoms with Crippen LogP contribution in [0.4, 0.5) is 0 Å². The molecule has 0 aliphatic heterocycles. The molecular weight excluding hydrogens is 749 g/mol. The second kappa shape index (κ2) is 15.0. The van der Waals surface area contributed by atoms with Gasteiger partial charge >= 0.3 is 5.97 Å². The van der Waals surface area contributed by atoms with E-state index < -0.39 is 21.9 Å². The third-order valence-corrected chi connectivity index (χ3v) is 10.6. The van der Waals surface area contributed by atoms with Gasteiger partial charge in [0.25, 0.3) is 15.9 Å². The summed E-state index contributed by atoms with van der Waals surface area (Å²) in [5, 5.41) is 17.2. The molecule has 2 saturated carbocycles.